The maximum atomic E-state index is 12.8. The third-order valence-corrected chi connectivity index (χ3v) is 5.87. The minimum Gasteiger partial charge on any atom is -0.465 e. The summed E-state index contributed by atoms with van der Waals surface area (Å²) in [6.07, 6.45) is 0. The van der Waals surface area contributed by atoms with Crippen LogP contribution in [0.4, 0.5) is 0 Å². The largest absolute Gasteiger partial charge is 0.465 e. The Bertz CT molecular complexity index is 1030. The molecule has 5 heteroatoms. The molecule has 0 atom stereocenters. The van der Waals surface area contributed by atoms with E-state index in [0.717, 1.165) is 28.4 Å². The van der Waals surface area contributed by atoms with Gasteiger partial charge in [-0.25, -0.2) is 4.79 Å². The highest BCUT2D eigenvalue weighted by Crippen LogP contribution is 2.23. The van der Waals surface area contributed by atoms with Gasteiger partial charge in [0.15, 0.2) is 5.78 Å². The summed E-state index contributed by atoms with van der Waals surface area (Å²) in [5.41, 5.74) is 6.53. The summed E-state index contributed by atoms with van der Waals surface area (Å²) >= 11 is 1.64. The maximum absolute atomic E-state index is 12.8. The third-order valence-electron chi connectivity index (χ3n) is 4.86. The first-order valence-corrected chi connectivity index (χ1v) is 10.6. The zero-order valence-electron chi connectivity index (χ0n) is 17.2. The van der Waals surface area contributed by atoms with Crippen LogP contribution in [0.3, 0.4) is 0 Å². The normalized spacial score (nSPS) is 10.8. The predicted molar refractivity (Wildman–Crippen MR) is 118 cm³/mol. The molecule has 0 saturated heterocycles. The van der Waals surface area contributed by atoms with Crippen molar-refractivity contribution in [3.05, 3.63) is 88.2 Å². The standard InChI is InChI=1S/C24H25NO3S/c1-16-6-5-7-19(12-16)14-29-15-23(26)22-13-17(2)25(18(22)3)21-10-8-20(9-11-21)24(27)28-4/h5-13H,14-15H2,1-4H3. The second kappa shape index (κ2) is 9.14. The van der Waals surface area contributed by atoms with E-state index in [9.17, 15) is 9.59 Å². The molecule has 0 N–H and O–H groups in total. The van der Waals surface area contributed by atoms with Gasteiger partial charge in [-0.15, -0.1) is 11.8 Å². The molecule has 0 aliphatic heterocycles. The molecule has 1 heterocycles. The van der Waals surface area contributed by atoms with Crippen molar-refractivity contribution in [1.82, 2.24) is 4.57 Å². The summed E-state index contributed by atoms with van der Waals surface area (Å²) in [4.78, 5) is 24.4. The molecule has 0 aliphatic carbocycles. The molecule has 0 bridgehead atoms. The molecule has 29 heavy (non-hydrogen) atoms. The van der Waals surface area contributed by atoms with E-state index in [2.05, 4.69) is 25.1 Å². The monoisotopic (exact) mass is 407 g/mol. The Morgan fingerprint density at radius 1 is 1.00 bits per heavy atom. The van der Waals surface area contributed by atoms with E-state index in [1.54, 1.807) is 23.9 Å². The Kier molecular flexibility index (Phi) is 6.60. The number of carbonyl (C=O) groups excluding carboxylic acids is 2. The van der Waals surface area contributed by atoms with Crippen molar-refractivity contribution in [2.24, 2.45) is 0 Å². The molecule has 2 aromatic carbocycles. The first-order chi connectivity index (χ1) is 13.9. The third kappa shape index (κ3) is 4.80. The molecule has 0 saturated carbocycles. The highest BCUT2D eigenvalue weighted by atomic mass is 32.2. The van der Waals surface area contributed by atoms with Gasteiger partial charge in [0.1, 0.15) is 0 Å². The van der Waals surface area contributed by atoms with Gasteiger partial charge in [-0.2, -0.15) is 0 Å². The number of ketones is 1. The number of ether oxygens (including phenoxy) is 1. The zero-order valence-corrected chi connectivity index (χ0v) is 18.0. The predicted octanol–water partition coefficient (Wildman–Crippen LogP) is 5.31. The second-order valence-corrected chi connectivity index (χ2v) is 8.05. The van der Waals surface area contributed by atoms with Crippen LogP contribution in [0, 0.1) is 20.8 Å². The van der Waals surface area contributed by atoms with E-state index in [-0.39, 0.29) is 11.8 Å². The molecule has 0 amide bonds. The fourth-order valence-corrected chi connectivity index (χ4v) is 4.31. The zero-order chi connectivity index (χ0) is 21.0. The molecular weight excluding hydrogens is 382 g/mol. The summed E-state index contributed by atoms with van der Waals surface area (Å²) in [5.74, 6) is 1.04. The van der Waals surface area contributed by atoms with Crippen molar-refractivity contribution in [3.63, 3.8) is 0 Å². The van der Waals surface area contributed by atoms with Gasteiger partial charge in [-0.05, 0) is 56.7 Å². The van der Waals surface area contributed by atoms with Gasteiger partial charge in [-0.3, -0.25) is 4.79 Å². The van der Waals surface area contributed by atoms with Crippen LogP contribution in [-0.4, -0.2) is 29.2 Å². The number of benzene rings is 2. The lowest BCUT2D eigenvalue weighted by atomic mass is 10.1. The van der Waals surface area contributed by atoms with E-state index < -0.39 is 0 Å². The fraction of sp³-hybridized carbons (Fsp3) is 0.250. The molecular formula is C24H25NO3S. The summed E-state index contributed by atoms with van der Waals surface area (Å²) in [5, 5.41) is 0. The number of hydrogen-bond donors (Lipinski definition) is 0. The number of Topliss-reactive ketones (excluding diaryl/α,β-unsaturated/α-hetero) is 1. The van der Waals surface area contributed by atoms with Crippen molar-refractivity contribution >= 4 is 23.5 Å². The van der Waals surface area contributed by atoms with Gasteiger partial charge < -0.3 is 9.30 Å². The minimum atomic E-state index is -0.362. The average Bonchev–Trinajstić information content (AvgIpc) is 3.01. The maximum Gasteiger partial charge on any atom is 0.337 e. The quantitative estimate of drug-likeness (QED) is 0.394. The smallest absolute Gasteiger partial charge is 0.337 e. The lowest BCUT2D eigenvalue weighted by Gasteiger charge is -2.10. The van der Waals surface area contributed by atoms with Crippen molar-refractivity contribution in [1.29, 1.82) is 0 Å². The molecule has 3 rings (SSSR count). The van der Waals surface area contributed by atoms with Crippen molar-refractivity contribution in [2.75, 3.05) is 12.9 Å². The van der Waals surface area contributed by atoms with Crippen LogP contribution in [-0.2, 0) is 10.5 Å². The van der Waals surface area contributed by atoms with Crippen LogP contribution < -0.4 is 0 Å². The van der Waals surface area contributed by atoms with Gasteiger partial charge in [0.2, 0.25) is 0 Å². The van der Waals surface area contributed by atoms with Gasteiger partial charge in [0.25, 0.3) is 0 Å². The Morgan fingerprint density at radius 2 is 1.72 bits per heavy atom. The summed E-state index contributed by atoms with van der Waals surface area (Å²) in [7, 11) is 1.37. The molecule has 4 nitrogen and oxygen atoms in total. The number of methoxy groups -OCH3 is 1. The molecule has 0 aliphatic rings. The number of thioether (sulfide) groups is 1. The van der Waals surface area contributed by atoms with Crippen LogP contribution in [0.5, 0.6) is 0 Å². The van der Waals surface area contributed by atoms with E-state index in [1.807, 2.05) is 42.7 Å². The van der Waals surface area contributed by atoms with E-state index in [4.69, 9.17) is 4.74 Å². The fourth-order valence-electron chi connectivity index (χ4n) is 3.45. The van der Waals surface area contributed by atoms with Crippen LogP contribution in [0.1, 0.15) is 43.2 Å². The number of nitrogens with zero attached hydrogens (tertiary/aromatic N) is 1. The van der Waals surface area contributed by atoms with E-state index in [0.29, 0.717) is 11.3 Å². The number of rotatable bonds is 7. The highest BCUT2D eigenvalue weighted by molar-refractivity contribution is 7.99. The van der Waals surface area contributed by atoms with Gasteiger partial charge >= 0.3 is 5.97 Å². The summed E-state index contributed by atoms with van der Waals surface area (Å²) in [6, 6.07) is 17.5. The topological polar surface area (TPSA) is 48.3 Å². The average molecular weight is 408 g/mol. The first kappa shape index (κ1) is 20.9. The lowest BCUT2D eigenvalue weighted by Crippen LogP contribution is -2.06. The van der Waals surface area contributed by atoms with Crippen LogP contribution in [0.25, 0.3) is 5.69 Å². The molecule has 1 aromatic heterocycles. The molecule has 0 spiro atoms. The van der Waals surface area contributed by atoms with Gasteiger partial charge in [0, 0.05) is 28.4 Å². The molecule has 0 radical (unpaired) electrons. The molecule has 3 aromatic rings. The van der Waals surface area contributed by atoms with Crippen molar-refractivity contribution in [3.8, 4) is 5.69 Å². The molecule has 0 unspecified atom stereocenters. The van der Waals surface area contributed by atoms with E-state index in [1.165, 1.54) is 18.2 Å². The minimum absolute atomic E-state index is 0.133. The SMILES string of the molecule is COC(=O)c1ccc(-n2c(C)cc(C(=O)CSCc3cccc(C)c3)c2C)cc1. The Labute approximate surface area is 175 Å². The van der Waals surface area contributed by atoms with Crippen LogP contribution in [0.2, 0.25) is 0 Å². The first-order valence-electron chi connectivity index (χ1n) is 9.45. The Morgan fingerprint density at radius 3 is 2.38 bits per heavy atom. The highest BCUT2D eigenvalue weighted by Gasteiger charge is 2.17. The van der Waals surface area contributed by atoms with Crippen LogP contribution in [0.15, 0.2) is 54.6 Å². The van der Waals surface area contributed by atoms with E-state index >= 15 is 0 Å². The van der Waals surface area contributed by atoms with Crippen LogP contribution >= 0.6 is 11.8 Å². The summed E-state index contributed by atoms with van der Waals surface area (Å²) in [6.45, 7) is 6.02. The Balaban J connectivity index is 1.73. The summed E-state index contributed by atoms with van der Waals surface area (Å²) < 4.78 is 6.79. The van der Waals surface area contributed by atoms with Crippen molar-refractivity contribution in [2.45, 2.75) is 26.5 Å². The number of aryl methyl sites for hydroxylation is 2. The number of carbonyl (C=O) groups is 2. The Hall–Kier alpha value is -2.79. The van der Waals surface area contributed by atoms with Crippen molar-refractivity contribution < 1.29 is 14.3 Å². The molecule has 0 fully saturated rings. The number of hydrogen-bond acceptors (Lipinski definition) is 4. The van der Waals surface area contributed by atoms with Gasteiger partial charge in [-0.1, -0.05) is 29.8 Å². The van der Waals surface area contributed by atoms with Gasteiger partial charge in [0.05, 0.1) is 18.4 Å². The molecule has 150 valence electrons. The number of esters is 1. The number of aromatic nitrogens is 1. The second-order valence-electron chi connectivity index (χ2n) is 7.06. The lowest BCUT2D eigenvalue weighted by molar-refractivity contribution is 0.0600.